The van der Waals surface area contributed by atoms with Crippen LogP contribution in [0.5, 0.6) is 11.5 Å². The molecule has 0 amide bonds. The number of halogens is 8. The van der Waals surface area contributed by atoms with Gasteiger partial charge in [0.25, 0.3) is 0 Å². The summed E-state index contributed by atoms with van der Waals surface area (Å²) in [7, 11) is 0. The quantitative estimate of drug-likeness (QED) is 0.197. The molecule has 3 aromatic carbocycles. The first-order chi connectivity index (χ1) is 16.8. The predicted molar refractivity (Wildman–Crippen MR) is 117 cm³/mol. The van der Waals surface area contributed by atoms with E-state index >= 15 is 0 Å². The minimum absolute atomic E-state index is 0.184. The van der Waals surface area contributed by atoms with Gasteiger partial charge in [0.05, 0.1) is 16.7 Å². The highest BCUT2D eigenvalue weighted by molar-refractivity contribution is 5.34. The topological polar surface area (TPSA) is 18.5 Å². The molecule has 0 N–H and O–H groups in total. The molecule has 0 aliphatic rings. The average molecular weight is 518 g/mol. The Kier molecular flexibility index (Phi) is 8.15. The Hall–Kier alpha value is -3.30. The van der Waals surface area contributed by atoms with Gasteiger partial charge in [0.1, 0.15) is 17.3 Å². The van der Waals surface area contributed by atoms with Crippen LogP contribution in [0, 0.1) is 5.82 Å². The fraction of sp³-hybridized carbons (Fsp3) is 0.308. The van der Waals surface area contributed by atoms with Crippen LogP contribution in [0.2, 0.25) is 0 Å². The number of benzene rings is 3. The van der Waals surface area contributed by atoms with Crippen molar-refractivity contribution >= 4 is 0 Å². The summed E-state index contributed by atoms with van der Waals surface area (Å²) in [4.78, 5) is 0. The van der Waals surface area contributed by atoms with E-state index in [1.165, 1.54) is 12.1 Å². The third kappa shape index (κ3) is 6.89. The van der Waals surface area contributed by atoms with E-state index in [4.69, 9.17) is 4.74 Å². The smallest absolute Gasteiger partial charge is 0.426 e. The molecule has 3 rings (SSSR count). The van der Waals surface area contributed by atoms with Crippen molar-refractivity contribution in [3.8, 4) is 11.5 Å². The summed E-state index contributed by atoms with van der Waals surface area (Å²) in [5.41, 5.74) is -1.95. The highest BCUT2D eigenvalue weighted by Gasteiger charge is 2.38. The molecule has 0 unspecified atom stereocenters. The minimum Gasteiger partial charge on any atom is -0.429 e. The zero-order chi connectivity index (χ0) is 26.6. The normalized spacial score (nSPS) is 12.5. The molecular formula is C26H22F8O2. The van der Waals surface area contributed by atoms with Gasteiger partial charge in [0.15, 0.2) is 0 Å². The molecule has 0 bridgehead atoms. The zero-order valence-electron chi connectivity index (χ0n) is 19.0. The lowest BCUT2D eigenvalue weighted by atomic mass is 10.1. The van der Waals surface area contributed by atoms with Crippen LogP contribution in [0.25, 0.3) is 0 Å². The van der Waals surface area contributed by atoms with Crippen LogP contribution in [0.15, 0.2) is 66.7 Å². The van der Waals surface area contributed by atoms with Crippen molar-refractivity contribution in [1.29, 1.82) is 0 Å². The molecule has 2 nitrogen and oxygen atoms in total. The first-order valence-electron chi connectivity index (χ1n) is 11.0. The molecule has 36 heavy (non-hydrogen) atoms. The number of hydrogen-bond acceptors (Lipinski definition) is 2. The van der Waals surface area contributed by atoms with Gasteiger partial charge in [-0.3, -0.25) is 0 Å². The van der Waals surface area contributed by atoms with Gasteiger partial charge in [0.2, 0.25) is 0 Å². The molecule has 194 valence electrons. The Labute approximate surface area is 202 Å². The SMILES string of the molecule is CCCCCc1ccc(C(F)(F)Oc2ccc(C(F)(F)Oc3ccc(C(F)(F)F)c(F)c3)cc2)cc1. The first-order valence-corrected chi connectivity index (χ1v) is 11.0. The van der Waals surface area contributed by atoms with E-state index in [1.807, 2.05) is 0 Å². The predicted octanol–water partition coefficient (Wildman–Crippen LogP) is 8.83. The fourth-order valence-corrected chi connectivity index (χ4v) is 3.36. The van der Waals surface area contributed by atoms with Gasteiger partial charge in [-0.2, -0.15) is 30.7 Å². The number of unbranched alkanes of at least 4 members (excludes halogenated alkanes) is 2. The maximum atomic E-state index is 14.5. The number of rotatable bonds is 10. The first kappa shape index (κ1) is 27.3. The second-order valence-corrected chi connectivity index (χ2v) is 8.06. The highest BCUT2D eigenvalue weighted by Crippen LogP contribution is 2.37. The van der Waals surface area contributed by atoms with Crippen LogP contribution in [-0.4, -0.2) is 0 Å². The highest BCUT2D eigenvalue weighted by atomic mass is 19.4. The molecule has 0 aromatic heterocycles. The summed E-state index contributed by atoms with van der Waals surface area (Å²) in [6.07, 6.45) is -9.06. The van der Waals surface area contributed by atoms with Gasteiger partial charge in [-0.1, -0.05) is 31.9 Å². The monoisotopic (exact) mass is 518 g/mol. The lowest BCUT2D eigenvalue weighted by Gasteiger charge is -2.21. The third-order valence-corrected chi connectivity index (χ3v) is 5.29. The average Bonchev–Trinajstić information content (AvgIpc) is 2.78. The summed E-state index contributed by atoms with van der Waals surface area (Å²) >= 11 is 0. The van der Waals surface area contributed by atoms with E-state index in [2.05, 4.69) is 11.7 Å². The molecule has 0 radical (unpaired) electrons. The largest absolute Gasteiger partial charge is 0.429 e. The Balaban J connectivity index is 1.67. The second-order valence-electron chi connectivity index (χ2n) is 8.06. The fourth-order valence-electron chi connectivity index (χ4n) is 3.36. The molecular weight excluding hydrogens is 496 g/mol. The van der Waals surface area contributed by atoms with Gasteiger partial charge in [-0.25, -0.2) is 4.39 Å². The van der Waals surface area contributed by atoms with E-state index in [0.29, 0.717) is 6.07 Å². The van der Waals surface area contributed by atoms with Gasteiger partial charge >= 0.3 is 18.4 Å². The molecule has 0 aliphatic heterocycles. The number of alkyl halides is 7. The van der Waals surface area contributed by atoms with Gasteiger partial charge < -0.3 is 9.47 Å². The number of hydrogen-bond donors (Lipinski definition) is 0. The van der Waals surface area contributed by atoms with Gasteiger partial charge in [-0.15, -0.1) is 0 Å². The Bertz CT molecular complexity index is 1140. The molecule has 0 fully saturated rings. The summed E-state index contributed by atoms with van der Waals surface area (Å²) in [6, 6.07) is 9.88. The van der Waals surface area contributed by atoms with Crippen LogP contribution in [0.3, 0.4) is 0 Å². The van der Waals surface area contributed by atoms with Crippen molar-refractivity contribution in [1.82, 2.24) is 0 Å². The van der Waals surface area contributed by atoms with E-state index in [0.717, 1.165) is 55.5 Å². The Morgan fingerprint density at radius 1 is 0.639 bits per heavy atom. The van der Waals surface area contributed by atoms with Crippen molar-refractivity contribution < 1.29 is 44.6 Å². The van der Waals surface area contributed by atoms with Crippen molar-refractivity contribution in [2.24, 2.45) is 0 Å². The molecule has 0 saturated heterocycles. The summed E-state index contributed by atoms with van der Waals surface area (Å²) in [5, 5.41) is 0. The molecule has 0 heterocycles. The maximum absolute atomic E-state index is 14.5. The summed E-state index contributed by atoms with van der Waals surface area (Å²) in [5.74, 6) is -3.04. The molecule has 0 spiro atoms. The van der Waals surface area contributed by atoms with Crippen LogP contribution in [0.1, 0.15) is 48.4 Å². The second kappa shape index (κ2) is 10.8. The van der Waals surface area contributed by atoms with Gasteiger partial charge in [0, 0.05) is 6.07 Å². The van der Waals surface area contributed by atoms with Crippen molar-refractivity contribution in [3.63, 3.8) is 0 Å². The van der Waals surface area contributed by atoms with E-state index < -0.39 is 52.4 Å². The minimum atomic E-state index is -5.00. The lowest BCUT2D eigenvalue weighted by molar-refractivity contribution is -0.187. The van der Waals surface area contributed by atoms with Crippen molar-refractivity contribution in [2.75, 3.05) is 0 Å². The van der Waals surface area contributed by atoms with Crippen molar-refractivity contribution in [3.05, 3.63) is 94.8 Å². The van der Waals surface area contributed by atoms with Crippen molar-refractivity contribution in [2.45, 2.75) is 51.0 Å². The number of ether oxygens (including phenoxy) is 2. The van der Waals surface area contributed by atoms with Crippen LogP contribution < -0.4 is 9.47 Å². The standard InChI is InChI=1S/C26H22F8O2/c1-2-3-4-5-17-6-8-18(9-7-17)25(31,32)35-20-12-10-19(11-13-20)26(33,34)36-21-14-15-22(23(27)16-21)24(28,29)30/h6-16H,2-5H2,1H3. The Morgan fingerprint density at radius 3 is 1.64 bits per heavy atom. The van der Waals surface area contributed by atoms with E-state index in [9.17, 15) is 35.1 Å². The summed E-state index contributed by atoms with van der Waals surface area (Å²) < 4.78 is 119. The molecule has 0 atom stereocenters. The van der Waals surface area contributed by atoms with Crippen LogP contribution >= 0.6 is 0 Å². The zero-order valence-corrected chi connectivity index (χ0v) is 19.0. The van der Waals surface area contributed by atoms with E-state index in [1.54, 1.807) is 12.1 Å². The maximum Gasteiger partial charge on any atom is 0.426 e. The molecule has 10 heteroatoms. The van der Waals surface area contributed by atoms with Crippen LogP contribution in [-0.2, 0) is 24.8 Å². The number of aryl methyl sites for hydroxylation is 1. The molecule has 0 saturated carbocycles. The molecule has 0 aliphatic carbocycles. The Morgan fingerprint density at radius 2 is 1.14 bits per heavy atom. The summed E-state index contributed by atoms with van der Waals surface area (Å²) in [6.45, 7) is 2.06. The van der Waals surface area contributed by atoms with Gasteiger partial charge in [-0.05, 0) is 66.9 Å². The van der Waals surface area contributed by atoms with Crippen LogP contribution in [0.4, 0.5) is 35.1 Å². The van der Waals surface area contributed by atoms with E-state index in [-0.39, 0.29) is 12.1 Å². The lowest BCUT2D eigenvalue weighted by Crippen LogP contribution is -2.23. The molecule has 3 aromatic rings. The third-order valence-electron chi connectivity index (χ3n) is 5.29.